The second-order valence-corrected chi connectivity index (χ2v) is 4.18. The van der Waals surface area contributed by atoms with Gasteiger partial charge in [-0.2, -0.15) is 4.98 Å². The third-order valence-electron chi connectivity index (χ3n) is 2.91. The van der Waals surface area contributed by atoms with Gasteiger partial charge in [-0.3, -0.25) is 15.0 Å². The molecule has 1 aromatic heterocycles. The van der Waals surface area contributed by atoms with E-state index >= 15 is 0 Å². The average molecular weight is 257 g/mol. The summed E-state index contributed by atoms with van der Waals surface area (Å²) >= 11 is 0. The summed E-state index contributed by atoms with van der Waals surface area (Å²) in [5.74, 6) is 0.235. The highest BCUT2D eigenvalue weighted by Crippen LogP contribution is 2.25. The number of hydrogen-bond donors (Lipinski definition) is 2. The molecular formula is C12H11N5O2. The average Bonchev–Trinajstić information content (AvgIpc) is 2.38. The summed E-state index contributed by atoms with van der Waals surface area (Å²) in [6.07, 6.45) is 0.240. The van der Waals surface area contributed by atoms with Gasteiger partial charge >= 0.3 is 6.03 Å². The Morgan fingerprint density at radius 2 is 2.00 bits per heavy atom. The highest BCUT2D eigenvalue weighted by Gasteiger charge is 2.26. The van der Waals surface area contributed by atoms with Gasteiger partial charge in [-0.15, -0.1) is 0 Å². The van der Waals surface area contributed by atoms with Crippen LogP contribution in [0.25, 0.3) is 10.9 Å². The molecule has 0 saturated carbocycles. The molecule has 1 aromatic carbocycles. The standard InChI is InChI=1S/C12H11N5O2/c13-11-14-8-4-2-1-3-7(8)10(16-11)17-6-5-9(18)15-12(17)19/h1-4H,5-6H2,(H2,13,14,16)(H,15,18,19). The van der Waals surface area contributed by atoms with Gasteiger partial charge < -0.3 is 5.73 Å². The Hall–Kier alpha value is -2.70. The number of anilines is 2. The Bertz CT molecular complexity index is 685. The number of aromatic nitrogens is 2. The second kappa shape index (κ2) is 4.20. The first kappa shape index (κ1) is 11.4. The van der Waals surface area contributed by atoms with E-state index in [1.54, 1.807) is 6.07 Å². The second-order valence-electron chi connectivity index (χ2n) is 4.18. The quantitative estimate of drug-likeness (QED) is 0.781. The lowest BCUT2D eigenvalue weighted by Gasteiger charge is -2.26. The van der Waals surface area contributed by atoms with E-state index in [4.69, 9.17) is 5.73 Å². The fourth-order valence-corrected chi connectivity index (χ4v) is 2.05. The van der Waals surface area contributed by atoms with Crippen molar-refractivity contribution in [2.75, 3.05) is 17.2 Å². The van der Waals surface area contributed by atoms with Gasteiger partial charge in [0.15, 0.2) is 0 Å². The van der Waals surface area contributed by atoms with Crippen LogP contribution < -0.4 is 16.0 Å². The van der Waals surface area contributed by atoms with E-state index in [-0.39, 0.29) is 24.8 Å². The molecule has 3 rings (SSSR count). The van der Waals surface area contributed by atoms with Crippen molar-refractivity contribution < 1.29 is 9.59 Å². The molecule has 1 saturated heterocycles. The summed E-state index contributed by atoms with van der Waals surface area (Å²) in [6, 6.07) is 6.79. The minimum absolute atomic E-state index is 0.0957. The minimum atomic E-state index is -0.487. The van der Waals surface area contributed by atoms with Crippen molar-refractivity contribution in [3.8, 4) is 0 Å². The van der Waals surface area contributed by atoms with E-state index in [2.05, 4.69) is 15.3 Å². The molecule has 2 heterocycles. The molecule has 96 valence electrons. The van der Waals surface area contributed by atoms with Gasteiger partial charge in [0.2, 0.25) is 11.9 Å². The van der Waals surface area contributed by atoms with Gasteiger partial charge in [0.1, 0.15) is 5.82 Å². The Balaban J connectivity index is 2.14. The predicted molar refractivity (Wildman–Crippen MR) is 69.5 cm³/mol. The van der Waals surface area contributed by atoms with Crippen LogP contribution in [0.1, 0.15) is 6.42 Å². The van der Waals surface area contributed by atoms with Crippen molar-refractivity contribution in [2.45, 2.75) is 6.42 Å². The number of benzene rings is 1. The van der Waals surface area contributed by atoms with E-state index < -0.39 is 6.03 Å². The molecular weight excluding hydrogens is 246 g/mol. The van der Waals surface area contributed by atoms with E-state index in [0.717, 1.165) is 5.39 Å². The zero-order chi connectivity index (χ0) is 13.4. The van der Waals surface area contributed by atoms with Crippen LogP contribution in [-0.2, 0) is 4.79 Å². The SMILES string of the molecule is Nc1nc(N2CCC(=O)NC2=O)c2ccccc2n1. The number of para-hydroxylation sites is 1. The normalized spacial score (nSPS) is 15.7. The van der Waals surface area contributed by atoms with Gasteiger partial charge in [-0.05, 0) is 12.1 Å². The summed E-state index contributed by atoms with van der Waals surface area (Å²) in [5, 5.41) is 2.98. The van der Waals surface area contributed by atoms with E-state index in [1.807, 2.05) is 18.2 Å². The number of nitrogens with one attached hydrogen (secondary N) is 1. The first-order chi connectivity index (χ1) is 9.15. The number of urea groups is 1. The largest absolute Gasteiger partial charge is 0.368 e. The molecule has 0 aliphatic carbocycles. The molecule has 0 unspecified atom stereocenters. The van der Waals surface area contributed by atoms with Crippen molar-refractivity contribution in [3.63, 3.8) is 0 Å². The van der Waals surface area contributed by atoms with Crippen molar-refractivity contribution in [1.82, 2.24) is 15.3 Å². The number of fused-ring (bicyclic) bond motifs is 1. The van der Waals surface area contributed by atoms with E-state index in [9.17, 15) is 9.59 Å². The third-order valence-corrected chi connectivity index (χ3v) is 2.91. The number of nitrogen functional groups attached to an aromatic ring is 1. The zero-order valence-corrected chi connectivity index (χ0v) is 9.96. The van der Waals surface area contributed by atoms with Gasteiger partial charge in [0, 0.05) is 18.4 Å². The molecule has 0 spiro atoms. The van der Waals surface area contributed by atoms with E-state index in [0.29, 0.717) is 11.3 Å². The molecule has 1 aliphatic rings. The van der Waals surface area contributed by atoms with Gasteiger partial charge in [0.05, 0.1) is 5.52 Å². The number of hydrogen-bond acceptors (Lipinski definition) is 5. The van der Waals surface area contributed by atoms with Crippen LogP contribution in [0.3, 0.4) is 0 Å². The maximum atomic E-state index is 11.9. The Morgan fingerprint density at radius 3 is 2.79 bits per heavy atom. The number of imide groups is 1. The topological polar surface area (TPSA) is 101 Å². The van der Waals surface area contributed by atoms with E-state index in [1.165, 1.54) is 4.90 Å². The number of nitrogens with two attached hydrogens (primary N) is 1. The predicted octanol–water partition coefficient (Wildman–Crippen LogP) is 0.658. The lowest BCUT2D eigenvalue weighted by Crippen LogP contribution is -2.50. The smallest absolute Gasteiger partial charge is 0.329 e. The molecule has 2 aromatic rings. The highest BCUT2D eigenvalue weighted by atomic mass is 16.2. The van der Waals surface area contributed by atoms with Crippen molar-refractivity contribution in [2.24, 2.45) is 0 Å². The summed E-state index contributed by atoms with van der Waals surface area (Å²) in [4.78, 5) is 32.7. The van der Waals surface area contributed by atoms with Gasteiger partial charge in [-0.25, -0.2) is 9.78 Å². The van der Waals surface area contributed by atoms with Crippen molar-refractivity contribution >= 4 is 34.6 Å². The molecule has 7 heteroatoms. The minimum Gasteiger partial charge on any atom is -0.368 e. The van der Waals surface area contributed by atoms with Crippen molar-refractivity contribution in [3.05, 3.63) is 24.3 Å². The molecule has 19 heavy (non-hydrogen) atoms. The maximum Gasteiger partial charge on any atom is 0.329 e. The molecule has 3 N–H and O–H groups in total. The Labute approximate surface area is 108 Å². The summed E-state index contributed by atoms with van der Waals surface area (Å²) in [6.45, 7) is 0.283. The fraction of sp³-hybridized carbons (Fsp3) is 0.167. The van der Waals surface area contributed by atoms with Crippen LogP contribution in [0.2, 0.25) is 0 Å². The summed E-state index contributed by atoms with van der Waals surface area (Å²) in [5.41, 5.74) is 6.32. The van der Waals surface area contributed by atoms with Crippen LogP contribution in [0.4, 0.5) is 16.6 Å². The Morgan fingerprint density at radius 1 is 1.21 bits per heavy atom. The van der Waals surface area contributed by atoms with Gasteiger partial charge in [0.25, 0.3) is 0 Å². The molecule has 0 atom stereocenters. The van der Waals surface area contributed by atoms with Crippen molar-refractivity contribution in [1.29, 1.82) is 0 Å². The van der Waals surface area contributed by atoms with Gasteiger partial charge in [-0.1, -0.05) is 12.1 Å². The molecule has 3 amide bonds. The summed E-state index contributed by atoms with van der Waals surface area (Å²) in [7, 11) is 0. The molecule has 1 aliphatic heterocycles. The highest BCUT2D eigenvalue weighted by molar-refractivity contribution is 6.08. The summed E-state index contributed by atoms with van der Waals surface area (Å²) < 4.78 is 0. The fourth-order valence-electron chi connectivity index (χ4n) is 2.05. The van der Waals surface area contributed by atoms with Crippen LogP contribution in [0.15, 0.2) is 24.3 Å². The lowest BCUT2D eigenvalue weighted by molar-refractivity contribution is -0.120. The number of nitrogens with zero attached hydrogens (tertiary/aromatic N) is 3. The first-order valence-electron chi connectivity index (χ1n) is 5.79. The van der Waals surface area contributed by atoms with Crippen LogP contribution in [-0.4, -0.2) is 28.5 Å². The Kier molecular flexibility index (Phi) is 2.52. The maximum absolute atomic E-state index is 11.9. The third kappa shape index (κ3) is 1.95. The van der Waals surface area contributed by atoms with Crippen LogP contribution >= 0.6 is 0 Å². The molecule has 0 radical (unpaired) electrons. The first-order valence-corrected chi connectivity index (χ1v) is 5.79. The van der Waals surface area contributed by atoms with Crippen LogP contribution in [0.5, 0.6) is 0 Å². The number of rotatable bonds is 1. The number of amides is 3. The lowest BCUT2D eigenvalue weighted by atomic mass is 10.2. The zero-order valence-electron chi connectivity index (χ0n) is 9.96. The monoisotopic (exact) mass is 257 g/mol. The molecule has 7 nitrogen and oxygen atoms in total. The molecule has 1 fully saturated rings. The molecule has 0 bridgehead atoms. The number of carbonyl (C=O) groups excluding carboxylic acids is 2. The van der Waals surface area contributed by atoms with Crippen LogP contribution in [0, 0.1) is 0 Å². The number of carbonyl (C=O) groups is 2.